The molecular weight excluding hydrogens is 108 g/mol. The average molecular weight is 118 g/mol. The van der Waals surface area contributed by atoms with Crippen LogP contribution in [-0.2, 0) is 4.79 Å². The first kappa shape index (κ1) is 6.89. The summed E-state index contributed by atoms with van der Waals surface area (Å²) in [6, 6.07) is 0. The van der Waals surface area contributed by atoms with Crippen molar-refractivity contribution in [3.8, 4) is 0 Å². The van der Waals surface area contributed by atoms with Crippen molar-refractivity contribution in [2.24, 2.45) is 0 Å². The molecule has 1 unspecified atom stereocenters. The minimum atomic E-state index is -0.208. The highest BCUT2D eigenvalue weighted by Gasteiger charge is 1.81. The Morgan fingerprint density at radius 1 is 1.86 bits per heavy atom. The van der Waals surface area contributed by atoms with Crippen molar-refractivity contribution in [1.82, 2.24) is 0 Å². The fourth-order valence-corrected chi connectivity index (χ4v) is 0.931. The zero-order valence-electron chi connectivity index (χ0n) is 4.52. The molecule has 0 saturated carbocycles. The average Bonchev–Trinajstić information content (AvgIpc) is 1.68. The fourth-order valence-electron chi connectivity index (χ4n) is 0.310. The maximum atomic E-state index is 9.84. The van der Waals surface area contributed by atoms with Gasteiger partial charge in [-0.2, -0.15) is 0 Å². The van der Waals surface area contributed by atoms with Crippen LogP contribution < -0.4 is 0 Å². The maximum Gasteiger partial charge on any atom is 0.170 e. The van der Waals surface area contributed by atoms with Crippen LogP contribution in [0.15, 0.2) is 0 Å². The molecule has 0 aromatic rings. The quantitative estimate of drug-likeness (QED) is 0.403. The van der Waals surface area contributed by atoms with E-state index in [-0.39, 0.29) is 10.5 Å². The Balaban J connectivity index is 3.17. The normalized spacial score (nSPS) is 13.3. The molecule has 1 nitrogen and oxygen atoms in total. The van der Waals surface area contributed by atoms with Gasteiger partial charge in [0, 0.05) is 0 Å². The van der Waals surface area contributed by atoms with Gasteiger partial charge in [0.1, 0.15) is 0 Å². The van der Waals surface area contributed by atoms with E-state index in [9.17, 15) is 4.79 Å². The number of carbonyl (C=O) groups is 1. The minimum Gasteiger partial charge on any atom is -0.291 e. The number of hydrogen-bond acceptors (Lipinski definition) is 1. The van der Waals surface area contributed by atoms with Gasteiger partial charge >= 0.3 is 0 Å². The summed E-state index contributed by atoms with van der Waals surface area (Å²) in [4.78, 5) is 9.84. The van der Waals surface area contributed by atoms with Crippen LogP contribution in [0.3, 0.4) is 0 Å². The molecule has 0 aliphatic heterocycles. The predicted octanol–water partition coefficient (Wildman–Crippen LogP) is 1.29. The first-order valence-electron chi connectivity index (χ1n) is 2.26. The van der Waals surface area contributed by atoms with Gasteiger partial charge in [0.15, 0.2) is 5.62 Å². The van der Waals surface area contributed by atoms with Crippen molar-refractivity contribution in [2.75, 3.05) is 5.75 Å². The zero-order chi connectivity index (χ0) is 5.70. The van der Waals surface area contributed by atoms with Crippen LogP contribution >= 0.6 is 10.5 Å². The molecule has 0 aliphatic carbocycles. The summed E-state index contributed by atoms with van der Waals surface area (Å²) < 4.78 is 0. The molecule has 7 heavy (non-hydrogen) atoms. The molecule has 0 spiro atoms. The Morgan fingerprint density at radius 3 is 2.57 bits per heavy atom. The molecule has 0 fully saturated rings. The van der Waals surface area contributed by atoms with Crippen LogP contribution in [0.25, 0.3) is 0 Å². The summed E-state index contributed by atoms with van der Waals surface area (Å²) in [6.45, 7) is 2.05. The highest BCUT2D eigenvalue weighted by molar-refractivity contribution is 8.25. The molecule has 0 aromatic carbocycles. The zero-order valence-corrected chi connectivity index (χ0v) is 5.33. The van der Waals surface area contributed by atoms with Crippen molar-refractivity contribution in [1.29, 1.82) is 0 Å². The second kappa shape index (κ2) is 4.06. The lowest BCUT2D eigenvalue weighted by molar-refractivity contribution is 0.570. The summed E-state index contributed by atoms with van der Waals surface area (Å²) in [6.07, 6.45) is 1.06. The summed E-state index contributed by atoms with van der Waals surface area (Å²) >= 11 is 0. The van der Waals surface area contributed by atoms with Gasteiger partial charge in [-0.3, -0.25) is 4.79 Å². The van der Waals surface area contributed by atoms with E-state index < -0.39 is 0 Å². The molecule has 42 valence electrons. The van der Waals surface area contributed by atoms with Gasteiger partial charge in [0.05, 0.1) is 0 Å². The third-order valence-corrected chi connectivity index (χ3v) is 1.81. The van der Waals surface area contributed by atoms with Gasteiger partial charge in [0.25, 0.3) is 0 Å². The Labute approximate surface area is 46.7 Å². The van der Waals surface area contributed by atoms with E-state index >= 15 is 0 Å². The molecule has 1 atom stereocenters. The van der Waals surface area contributed by atoms with Crippen LogP contribution in [-0.4, -0.2) is 17.2 Å². The molecule has 0 amide bonds. The minimum absolute atomic E-state index is 0.208. The van der Waals surface area contributed by atoms with Crippen molar-refractivity contribution >= 4 is 22.0 Å². The Morgan fingerprint density at radius 2 is 2.43 bits per heavy atom. The Bertz CT molecular complexity index is 78.1. The largest absolute Gasteiger partial charge is 0.291 e. The van der Waals surface area contributed by atoms with Gasteiger partial charge in [-0.25, -0.2) is 0 Å². The van der Waals surface area contributed by atoms with Gasteiger partial charge in [0.2, 0.25) is 0 Å². The number of rotatable bonds is 3. The highest BCUT2D eigenvalue weighted by Crippen LogP contribution is 2.03. The van der Waals surface area contributed by atoms with Crippen molar-refractivity contribution < 1.29 is 4.79 Å². The van der Waals surface area contributed by atoms with Gasteiger partial charge in [-0.05, 0) is 12.2 Å². The van der Waals surface area contributed by atoms with Gasteiger partial charge in [-0.15, -0.1) is 10.5 Å². The number of hydrogen-bond donors (Lipinski definition) is 0. The van der Waals surface area contributed by atoms with Crippen molar-refractivity contribution in [2.45, 2.75) is 13.3 Å². The summed E-state index contributed by atoms with van der Waals surface area (Å²) in [5.74, 6) is 4.55. The lowest BCUT2D eigenvalue weighted by Gasteiger charge is -1.88. The molecule has 0 bridgehead atoms. The van der Waals surface area contributed by atoms with E-state index in [0.29, 0.717) is 0 Å². The van der Waals surface area contributed by atoms with Crippen LogP contribution in [0, 0.1) is 0 Å². The lowest BCUT2D eigenvalue weighted by atomic mass is 10.6. The van der Waals surface area contributed by atoms with E-state index in [1.165, 1.54) is 0 Å². The molecule has 0 radical (unpaired) electrons. The van der Waals surface area contributed by atoms with Crippen molar-refractivity contribution in [3.63, 3.8) is 0 Å². The third-order valence-electron chi connectivity index (χ3n) is 0.602. The molecule has 0 N–H and O–H groups in total. The second-order valence-electron chi connectivity index (χ2n) is 1.34. The van der Waals surface area contributed by atoms with Crippen molar-refractivity contribution in [3.05, 3.63) is 0 Å². The van der Waals surface area contributed by atoms with E-state index in [2.05, 4.69) is 12.8 Å². The summed E-state index contributed by atoms with van der Waals surface area (Å²) in [7, 11) is -0.208. The lowest BCUT2D eigenvalue weighted by Crippen LogP contribution is -1.75. The van der Waals surface area contributed by atoms with Gasteiger partial charge < -0.3 is 0 Å². The van der Waals surface area contributed by atoms with E-state index in [0.717, 1.165) is 17.8 Å². The molecule has 2 heteroatoms. The first-order valence-corrected chi connectivity index (χ1v) is 3.88. The predicted molar refractivity (Wildman–Crippen MR) is 36.6 cm³/mol. The summed E-state index contributed by atoms with van der Waals surface area (Å²) in [5.41, 5.74) is 0.920. The Hall–Kier alpha value is -0.110. The third kappa shape index (κ3) is 3.73. The topological polar surface area (TPSA) is 17.1 Å². The molecule has 0 saturated heterocycles. The van der Waals surface area contributed by atoms with Gasteiger partial charge in [-0.1, -0.05) is 12.8 Å². The van der Waals surface area contributed by atoms with Crippen LogP contribution in [0.1, 0.15) is 13.3 Å². The standard InChI is InChI=1S/C5H10OS/c1-3-4-7(2)5-6/h5H,2-4H2,1H3. The summed E-state index contributed by atoms with van der Waals surface area (Å²) in [5, 5.41) is 0. The van der Waals surface area contributed by atoms with Crippen LogP contribution in [0.5, 0.6) is 0 Å². The first-order chi connectivity index (χ1) is 3.31. The molecule has 0 rings (SSSR count). The fraction of sp³-hybridized carbons (Fsp3) is 0.600. The van der Waals surface area contributed by atoms with Crippen LogP contribution in [0.2, 0.25) is 0 Å². The Kier molecular flexibility index (Phi) is 4.00. The van der Waals surface area contributed by atoms with Crippen LogP contribution in [0.4, 0.5) is 0 Å². The maximum absolute atomic E-state index is 9.84. The molecule has 0 aromatic heterocycles. The van der Waals surface area contributed by atoms with E-state index in [4.69, 9.17) is 0 Å². The highest BCUT2D eigenvalue weighted by atomic mass is 32.2. The molecular formula is C5H10OS. The molecule has 0 aliphatic rings. The second-order valence-corrected chi connectivity index (χ2v) is 3.01. The van der Waals surface area contributed by atoms with E-state index in [1.54, 1.807) is 0 Å². The monoisotopic (exact) mass is 118 g/mol. The SMILES string of the molecule is C=S(C=O)CCC. The number of carbonyl (C=O) groups excluding carboxylic acids is 1. The molecule has 0 heterocycles. The smallest absolute Gasteiger partial charge is 0.170 e. The van der Waals surface area contributed by atoms with E-state index in [1.807, 2.05) is 0 Å².